The van der Waals surface area contributed by atoms with E-state index >= 15 is 0 Å². The molecule has 1 saturated heterocycles. The lowest BCUT2D eigenvalue weighted by Gasteiger charge is -2.32. The highest BCUT2D eigenvalue weighted by Crippen LogP contribution is 2.19. The van der Waals surface area contributed by atoms with Crippen molar-refractivity contribution in [1.29, 1.82) is 0 Å². The molecular formula is C22H27N3O4. The first-order chi connectivity index (χ1) is 14.0. The molecule has 0 saturated carbocycles. The Labute approximate surface area is 170 Å². The van der Waals surface area contributed by atoms with Gasteiger partial charge < -0.3 is 20.0 Å². The van der Waals surface area contributed by atoms with Gasteiger partial charge in [0.1, 0.15) is 6.04 Å². The first-order valence-electron chi connectivity index (χ1n) is 10.0. The monoisotopic (exact) mass is 397 g/mol. The van der Waals surface area contributed by atoms with Crippen LogP contribution in [0.3, 0.4) is 0 Å². The van der Waals surface area contributed by atoms with Crippen LogP contribution in [0, 0.1) is 5.92 Å². The first kappa shape index (κ1) is 20.6. The Bertz CT molecular complexity index is 855. The average Bonchev–Trinajstić information content (AvgIpc) is 3.27. The van der Waals surface area contributed by atoms with Crippen molar-refractivity contribution in [2.24, 2.45) is 5.92 Å². The first-order valence-corrected chi connectivity index (χ1v) is 10.0. The van der Waals surface area contributed by atoms with E-state index < -0.39 is 17.9 Å². The molecule has 7 nitrogen and oxygen atoms in total. The maximum absolute atomic E-state index is 13.0. The number of piperidine rings is 1. The highest BCUT2D eigenvalue weighted by atomic mass is 16.3. The van der Waals surface area contributed by atoms with Gasteiger partial charge in [-0.3, -0.25) is 14.4 Å². The van der Waals surface area contributed by atoms with Gasteiger partial charge in [-0.05, 0) is 49.4 Å². The topological polar surface area (TPSA) is 91.6 Å². The third-order valence-corrected chi connectivity index (χ3v) is 5.05. The van der Waals surface area contributed by atoms with Crippen LogP contribution in [0.5, 0.6) is 0 Å². The van der Waals surface area contributed by atoms with Crippen molar-refractivity contribution in [2.75, 3.05) is 18.4 Å². The smallest absolute Gasteiger partial charge is 0.291 e. The fourth-order valence-electron chi connectivity index (χ4n) is 3.43. The van der Waals surface area contributed by atoms with Crippen LogP contribution in [0.15, 0.2) is 47.1 Å². The van der Waals surface area contributed by atoms with Crippen LogP contribution >= 0.6 is 0 Å². The lowest BCUT2D eigenvalue weighted by molar-refractivity contribution is -0.135. The predicted octanol–water partition coefficient (Wildman–Crippen LogP) is 3.30. The summed E-state index contributed by atoms with van der Waals surface area (Å²) in [5, 5.41) is 5.57. The van der Waals surface area contributed by atoms with Crippen LogP contribution in [0.2, 0.25) is 0 Å². The Morgan fingerprint density at radius 1 is 0.966 bits per heavy atom. The molecule has 1 atom stereocenters. The zero-order valence-corrected chi connectivity index (χ0v) is 16.8. The molecule has 3 rings (SSSR count). The molecular weight excluding hydrogens is 370 g/mol. The SMILES string of the molecule is CC(C)[C@@H](NC(=O)c1ccccc1NC(=O)c1ccco1)C(=O)N1CCCCC1. The number of carbonyl (C=O) groups is 3. The quantitative estimate of drug-likeness (QED) is 0.782. The summed E-state index contributed by atoms with van der Waals surface area (Å²) in [4.78, 5) is 40.1. The fourth-order valence-corrected chi connectivity index (χ4v) is 3.43. The molecule has 2 aromatic rings. The number of furan rings is 1. The molecule has 1 aromatic heterocycles. The summed E-state index contributed by atoms with van der Waals surface area (Å²) < 4.78 is 5.10. The van der Waals surface area contributed by atoms with E-state index in [0.717, 1.165) is 32.4 Å². The standard InChI is InChI=1S/C22H27N3O4/c1-15(2)19(22(28)25-12-6-3-7-13-25)24-20(26)16-9-4-5-10-17(16)23-21(27)18-11-8-14-29-18/h4-5,8-11,14-15,19H,3,6-7,12-13H2,1-2H3,(H,23,27)(H,24,26)/t19-/m1/s1. The van der Waals surface area contributed by atoms with E-state index in [0.29, 0.717) is 11.3 Å². The second-order valence-electron chi connectivity index (χ2n) is 7.56. The molecule has 0 bridgehead atoms. The molecule has 2 N–H and O–H groups in total. The average molecular weight is 397 g/mol. The number of likely N-dealkylation sites (tertiary alicyclic amines) is 1. The molecule has 1 aliphatic heterocycles. The molecule has 7 heteroatoms. The van der Waals surface area contributed by atoms with E-state index in [9.17, 15) is 14.4 Å². The maximum atomic E-state index is 13.0. The number of amides is 3. The van der Waals surface area contributed by atoms with Crippen molar-refractivity contribution in [1.82, 2.24) is 10.2 Å². The Hall–Kier alpha value is -3.09. The molecule has 154 valence electrons. The number of nitrogens with one attached hydrogen (secondary N) is 2. The Morgan fingerprint density at radius 2 is 1.69 bits per heavy atom. The summed E-state index contributed by atoms with van der Waals surface area (Å²) >= 11 is 0. The summed E-state index contributed by atoms with van der Waals surface area (Å²) in [5.41, 5.74) is 0.656. The molecule has 0 spiro atoms. The summed E-state index contributed by atoms with van der Waals surface area (Å²) in [7, 11) is 0. The van der Waals surface area contributed by atoms with Gasteiger partial charge in [-0.2, -0.15) is 0 Å². The number of hydrogen-bond donors (Lipinski definition) is 2. The Balaban J connectivity index is 1.75. The molecule has 3 amide bonds. The molecule has 0 unspecified atom stereocenters. The summed E-state index contributed by atoms with van der Waals surface area (Å²) in [6.45, 7) is 5.29. The molecule has 1 aromatic carbocycles. The van der Waals surface area contributed by atoms with E-state index in [1.54, 1.807) is 36.4 Å². The number of hydrogen-bond acceptors (Lipinski definition) is 4. The van der Waals surface area contributed by atoms with E-state index in [1.165, 1.54) is 6.26 Å². The van der Waals surface area contributed by atoms with E-state index in [-0.39, 0.29) is 17.6 Å². The van der Waals surface area contributed by atoms with Gasteiger partial charge in [-0.25, -0.2) is 0 Å². The largest absolute Gasteiger partial charge is 0.459 e. The van der Waals surface area contributed by atoms with Crippen molar-refractivity contribution >= 4 is 23.4 Å². The lowest BCUT2D eigenvalue weighted by atomic mass is 10.00. The maximum Gasteiger partial charge on any atom is 0.291 e. The van der Waals surface area contributed by atoms with Crippen molar-refractivity contribution in [2.45, 2.75) is 39.2 Å². The zero-order chi connectivity index (χ0) is 20.8. The van der Waals surface area contributed by atoms with Gasteiger partial charge in [-0.15, -0.1) is 0 Å². The van der Waals surface area contributed by atoms with Gasteiger partial charge in [0, 0.05) is 13.1 Å². The number of nitrogens with zero attached hydrogens (tertiary/aromatic N) is 1. The minimum atomic E-state index is -0.616. The number of carbonyl (C=O) groups excluding carboxylic acids is 3. The number of anilines is 1. The van der Waals surface area contributed by atoms with Gasteiger partial charge in [0.15, 0.2) is 5.76 Å². The number of rotatable bonds is 6. The van der Waals surface area contributed by atoms with Crippen LogP contribution in [-0.2, 0) is 4.79 Å². The van der Waals surface area contributed by atoms with Crippen LogP contribution in [0.25, 0.3) is 0 Å². The fraction of sp³-hybridized carbons (Fsp3) is 0.409. The highest BCUT2D eigenvalue weighted by molar-refractivity contribution is 6.08. The zero-order valence-electron chi connectivity index (χ0n) is 16.8. The summed E-state index contributed by atoms with van der Waals surface area (Å²) in [6, 6.07) is 9.26. The van der Waals surface area contributed by atoms with E-state index in [2.05, 4.69) is 10.6 Å². The van der Waals surface area contributed by atoms with Crippen LogP contribution in [-0.4, -0.2) is 41.8 Å². The normalized spacial score (nSPS) is 15.1. The molecule has 29 heavy (non-hydrogen) atoms. The third-order valence-electron chi connectivity index (χ3n) is 5.05. The van der Waals surface area contributed by atoms with Gasteiger partial charge in [0.2, 0.25) is 5.91 Å². The van der Waals surface area contributed by atoms with Crippen LogP contribution < -0.4 is 10.6 Å². The molecule has 0 aliphatic carbocycles. The summed E-state index contributed by atoms with van der Waals surface area (Å²) in [5.74, 6) is -0.798. The molecule has 1 aliphatic rings. The van der Waals surface area contributed by atoms with Crippen molar-refractivity contribution < 1.29 is 18.8 Å². The second-order valence-corrected chi connectivity index (χ2v) is 7.56. The van der Waals surface area contributed by atoms with Crippen molar-refractivity contribution in [3.63, 3.8) is 0 Å². The van der Waals surface area contributed by atoms with Crippen LogP contribution in [0.4, 0.5) is 5.69 Å². The van der Waals surface area contributed by atoms with Crippen molar-refractivity contribution in [3.05, 3.63) is 54.0 Å². The van der Waals surface area contributed by atoms with Gasteiger partial charge in [0.05, 0.1) is 17.5 Å². The Kier molecular flexibility index (Phi) is 6.69. The second kappa shape index (κ2) is 9.41. The lowest BCUT2D eigenvalue weighted by Crippen LogP contribution is -2.52. The van der Waals surface area contributed by atoms with E-state index in [1.807, 2.05) is 18.7 Å². The predicted molar refractivity (Wildman–Crippen MR) is 110 cm³/mol. The van der Waals surface area contributed by atoms with Gasteiger partial charge >= 0.3 is 0 Å². The molecule has 1 fully saturated rings. The van der Waals surface area contributed by atoms with Crippen molar-refractivity contribution in [3.8, 4) is 0 Å². The minimum Gasteiger partial charge on any atom is -0.459 e. The molecule has 2 heterocycles. The van der Waals surface area contributed by atoms with E-state index in [4.69, 9.17) is 4.42 Å². The van der Waals surface area contributed by atoms with Gasteiger partial charge in [-0.1, -0.05) is 26.0 Å². The number of benzene rings is 1. The third kappa shape index (κ3) is 5.04. The Morgan fingerprint density at radius 3 is 2.34 bits per heavy atom. The van der Waals surface area contributed by atoms with Gasteiger partial charge in [0.25, 0.3) is 11.8 Å². The van der Waals surface area contributed by atoms with Crippen LogP contribution in [0.1, 0.15) is 54.0 Å². The highest BCUT2D eigenvalue weighted by Gasteiger charge is 2.30. The minimum absolute atomic E-state index is 0.0508. The molecule has 0 radical (unpaired) electrons. The number of para-hydroxylation sites is 1. The summed E-state index contributed by atoms with van der Waals surface area (Å²) in [6.07, 6.45) is 4.52.